The van der Waals surface area contributed by atoms with E-state index in [4.69, 9.17) is 4.74 Å². The maximum atomic E-state index is 14.9. The summed E-state index contributed by atoms with van der Waals surface area (Å²) in [5.74, 6) is -0.690. The fraction of sp³-hybridized carbons (Fsp3) is 0.404. The van der Waals surface area contributed by atoms with Gasteiger partial charge in [-0.2, -0.15) is 11.8 Å². The number of alkyl carbamates (subject to hydrolysis) is 1. The molecule has 1 fully saturated rings. The number of carboxylic acid groups (broad SMARTS) is 1. The lowest BCUT2D eigenvalue weighted by Crippen LogP contribution is -2.59. The molecule has 4 aromatic rings. The van der Waals surface area contributed by atoms with E-state index >= 15 is 0 Å². The molecule has 0 radical (unpaired) electrons. The van der Waals surface area contributed by atoms with Gasteiger partial charge in [0, 0.05) is 25.3 Å². The Labute approximate surface area is 356 Å². The van der Waals surface area contributed by atoms with Crippen LogP contribution in [0.5, 0.6) is 0 Å². The van der Waals surface area contributed by atoms with Gasteiger partial charge in [-0.25, -0.2) is 9.59 Å². The van der Waals surface area contributed by atoms with Gasteiger partial charge in [0.15, 0.2) is 0 Å². The number of nitrogens with zero attached hydrogens (tertiary/aromatic N) is 2. The van der Waals surface area contributed by atoms with Gasteiger partial charge in [-0.3, -0.25) is 14.5 Å². The van der Waals surface area contributed by atoms with Crippen LogP contribution in [0.3, 0.4) is 0 Å². The molecular weight excluding hydrogens is 781 g/mol. The molecule has 2 aliphatic rings. The van der Waals surface area contributed by atoms with Crippen molar-refractivity contribution in [2.75, 3.05) is 30.9 Å². The number of rotatable bonds is 16. The summed E-state index contributed by atoms with van der Waals surface area (Å²) in [5.41, 5.74) is 4.51. The first kappa shape index (κ1) is 43.8. The molecule has 12 heteroatoms. The number of hydrogen-bond donors (Lipinski definition) is 3. The zero-order valence-electron chi connectivity index (χ0n) is 34.3. The normalized spacial score (nSPS) is 18.0. The minimum absolute atomic E-state index is 0.177. The number of nitrogens with one attached hydrogen (secondary N) is 2. The smallest absolute Gasteiger partial charge is 0.407 e. The predicted molar refractivity (Wildman–Crippen MR) is 236 cm³/mol. The quantitative estimate of drug-likeness (QED) is 0.0994. The predicted octanol–water partition coefficient (Wildman–Crippen LogP) is 7.35. The van der Waals surface area contributed by atoms with Crippen LogP contribution in [0, 0.1) is 0 Å². The summed E-state index contributed by atoms with van der Waals surface area (Å²) in [5, 5.41) is 15.9. The first-order chi connectivity index (χ1) is 28.4. The van der Waals surface area contributed by atoms with E-state index in [0.29, 0.717) is 31.0 Å². The Hall–Kier alpha value is -4.78. The molecule has 4 atom stereocenters. The SMILES string of the molecule is CSCC[C@H](NC(=O)[C@@H]1Cc2ccccc2CN1C(=O)[C@@H]1CCCN1C[C@H](CSC(c1ccccc1)(c1ccccc1)c1ccccc1)NC(=O)OC(C)(C)C)C(=O)O. The first-order valence-electron chi connectivity index (χ1n) is 20.3. The molecule has 0 aliphatic carbocycles. The summed E-state index contributed by atoms with van der Waals surface area (Å²) in [6.07, 6.45) is 3.28. The van der Waals surface area contributed by atoms with Crippen molar-refractivity contribution >= 4 is 47.4 Å². The van der Waals surface area contributed by atoms with E-state index < -0.39 is 52.5 Å². The van der Waals surface area contributed by atoms with Crippen molar-refractivity contribution in [1.82, 2.24) is 20.4 Å². The van der Waals surface area contributed by atoms with E-state index in [-0.39, 0.29) is 25.3 Å². The van der Waals surface area contributed by atoms with Gasteiger partial charge in [0.05, 0.1) is 16.8 Å². The van der Waals surface area contributed by atoms with Crippen LogP contribution in [-0.2, 0) is 36.8 Å². The third-order valence-corrected chi connectivity index (χ3v) is 13.3. The van der Waals surface area contributed by atoms with Crippen LogP contribution in [0.2, 0.25) is 0 Å². The van der Waals surface area contributed by atoms with Gasteiger partial charge in [0.2, 0.25) is 11.8 Å². The van der Waals surface area contributed by atoms with E-state index in [1.54, 1.807) is 16.7 Å². The topological polar surface area (TPSA) is 128 Å². The number of hydrogen-bond acceptors (Lipinski definition) is 8. The van der Waals surface area contributed by atoms with Crippen LogP contribution in [0.4, 0.5) is 4.79 Å². The van der Waals surface area contributed by atoms with Crippen LogP contribution < -0.4 is 10.6 Å². The second-order valence-corrected chi connectivity index (χ2v) is 18.4. The molecule has 0 spiro atoms. The van der Waals surface area contributed by atoms with Crippen molar-refractivity contribution in [1.29, 1.82) is 0 Å². The number of thioether (sulfide) groups is 2. The van der Waals surface area contributed by atoms with E-state index in [1.807, 2.05) is 106 Å². The van der Waals surface area contributed by atoms with Crippen molar-refractivity contribution in [3.8, 4) is 0 Å². The minimum Gasteiger partial charge on any atom is -0.480 e. The zero-order valence-corrected chi connectivity index (χ0v) is 36.0. The highest BCUT2D eigenvalue weighted by atomic mass is 32.2. The molecule has 0 unspecified atom stereocenters. The number of amides is 3. The summed E-state index contributed by atoms with van der Waals surface area (Å²) in [7, 11) is 0. The largest absolute Gasteiger partial charge is 0.480 e. The van der Waals surface area contributed by atoms with Crippen LogP contribution >= 0.6 is 23.5 Å². The number of benzene rings is 4. The Balaban J connectivity index is 1.30. The molecule has 312 valence electrons. The molecule has 2 heterocycles. The number of carboxylic acids is 1. The Bertz CT molecular complexity index is 1930. The molecule has 3 amide bonds. The van der Waals surface area contributed by atoms with Crippen molar-refractivity contribution in [2.24, 2.45) is 0 Å². The summed E-state index contributed by atoms with van der Waals surface area (Å²) in [6.45, 7) is 6.74. The van der Waals surface area contributed by atoms with E-state index in [2.05, 4.69) is 51.9 Å². The molecule has 10 nitrogen and oxygen atoms in total. The van der Waals surface area contributed by atoms with Gasteiger partial charge in [0.1, 0.15) is 17.7 Å². The third-order valence-electron chi connectivity index (χ3n) is 10.9. The fourth-order valence-electron chi connectivity index (χ4n) is 8.16. The van der Waals surface area contributed by atoms with E-state index in [9.17, 15) is 24.3 Å². The lowest BCUT2D eigenvalue weighted by molar-refractivity contribution is -0.147. The summed E-state index contributed by atoms with van der Waals surface area (Å²) in [6, 6.07) is 36.1. The lowest BCUT2D eigenvalue weighted by Gasteiger charge is -2.40. The van der Waals surface area contributed by atoms with Crippen LogP contribution in [-0.4, -0.2) is 99.4 Å². The highest BCUT2D eigenvalue weighted by Crippen LogP contribution is 2.48. The third kappa shape index (κ3) is 10.9. The maximum Gasteiger partial charge on any atom is 0.407 e. The zero-order chi connectivity index (χ0) is 42.0. The van der Waals surface area contributed by atoms with Gasteiger partial charge in [-0.05, 0) is 86.4 Å². The van der Waals surface area contributed by atoms with Crippen molar-refractivity contribution in [2.45, 2.75) is 87.5 Å². The van der Waals surface area contributed by atoms with Gasteiger partial charge in [-0.1, -0.05) is 115 Å². The Morgan fingerprint density at radius 3 is 1.90 bits per heavy atom. The molecular formula is C47H56N4O6S2. The highest BCUT2D eigenvalue weighted by molar-refractivity contribution is 8.00. The summed E-state index contributed by atoms with van der Waals surface area (Å²) >= 11 is 3.25. The highest BCUT2D eigenvalue weighted by Gasteiger charge is 2.43. The second-order valence-electron chi connectivity index (χ2n) is 16.2. The Morgan fingerprint density at radius 1 is 0.797 bits per heavy atom. The van der Waals surface area contributed by atoms with Crippen molar-refractivity contribution < 1.29 is 29.0 Å². The molecule has 6 rings (SSSR count). The first-order valence-corrected chi connectivity index (χ1v) is 22.7. The lowest BCUT2D eigenvalue weighted by atomic mass is 9.84. The average Bonchev–Trinajstić information content (AvgIpc) is 3.70. The average molecular weight is 837 g/mol. The minimum atomic E-state index is -1.10. The maximum absolute atomic E-state index is 14.9. The fourth-order valence-corrected chi connectivity index (χ4v) is 10.2. The summed E-state index contributed by atoms with van der Waals surface area (Å²) in [4.78, 5) is 58.3. The number of carbonyl (C=O) groups excluding carboxylic acids is 3. The number of ether oxygens (including phenoxy) is 1. The molecule has 3 N–H and O–H groups in total. The standard InChI is InChI=1S/C47H56N4O6S2/c1-46(2,3)57-45(56)48-38(32-59-47(35-19-8-5-9-20-35,36-21-10-6-11-22-36)37-23-12-7-13-24-37)31-50-27-16-25-40(50)43(53)51-30-34-18-15-14-17-33(34)29-41(51)42(52)49-39(44(54)55)26-28-58-4/h5-15,17-24,38-41H,16,25-32H2,1-4H3,(H,48,56)(H,49,52)(H,54,55)/t38-,39+,40+,41+/m1/s1. The summed E-state index contributed by atoms with van der Waals surface area (Å²) < 4.78 is 5.16. The monoisotopic (exact) mass is 836 g/mol. The number of fused-ring (bicyclic) bond motifs is 1. The van der Waals surface area contributed by atoms with Crippen LogP contribution in [0.15, 0.2) is 115 Å². The van der Waals surface area contributed by atoms with E-state index in [0.717, 1.165) is 34.2 Å². The van der Waals surface area contributed by atoms with Crippen molar-refractivity contribution in [3.63, 3.8) is 0 Å². The van der Waals surface area contributed by atoms with Crippen molar-refractivity contribution in [3.05, 3.63) is 143 Å². The molecule has 1 saturated heterocycles. The number of likely N-dealkylation sites (tertiary alicyclic amines) is 1. The number of carbonyl (C=O) groups is 4. The molecule has 4 aromatic carbocycles. The van der Waals surface area contributed by atoms with Crippen LogP contribution in [0.1, 0.15) is 67.9 Å². The molecule has 0 saturated carbocycles. The van der Waals surface area contributed by atoms with Crippen LogP contribution in [0.25, 0.3) is 0 Å². The van der Waals surface area contributed by atoms with E-state index in [1.165, 1.54) is 11.8 Å². The van der Waals surface area contributed by atoms with Gasteiger partial charge >= 0.3 is 12.1 Å². The number of aliphatic carboxylic acids is 1. The molecule has 0 bridgehead atoms. The Kier molecular flexibility index (Phi) is 14.8. The molecule has 0 aromatic heterocycles. The van der Waals surface area contributed by atoms with Gasteiger partial charge in [0.25, 0.3) is 0 Å². The van der Waals surface area contributed by atoms with Gasteiger partial charge < -0.3 is 25.4 Å². The Morgan fingerprint density at radius 2 is 1.36 bits per heavy atom. The molecule has 59 heavy (non-hydrogen) atoms. The van der Waals surface area contributed by atoms with Gasteiger partial charge in [-0.15, -0.1) is 11.8 Å². The second kappa shape index (κ2) is 20.0. The molecule has 2 aliphatic heterocycles.